The van der Waals surface area contributed by atoms with Crippen LogP contribution in [0.3, 0.4) is 0 Å². The average Bonchev–Trinajstić information content (AvgIpc) is 2.85. The van der Waals surface area contributed by atoms with Crippen molar-refractivity contribution in [2.75, 3.05) is 34.5 Å². The number of hydrogen-bond donors (Lipinski definition) is 0. The van der Waals surface area contributed by atoms with Crippen LogP contribution >= 0.6 is 11.3 Å². The van der Waals surface area contributed by atoms with Gasteiger partial charge in [-0.2, -0.15) is 8.42 Å². The van der Waals surface area contributed by atoms with Crippen LogP contribution in [0.4, 0.5) is 0 Å². The third-order valence-corrected chi connectivity index (χ3v) is 4.57. The summed E-state index contributed by atoms with van der Waals surface area (Å²) in [6.45, 7) is -0.151. The first kappa shape index (κ1) is 16.9. The topological polar surface area (TPSA) is 88.1 Å². The van der Waals surface area contributed by atoms with Crippen LogP contribution in [0.25, 0.3) is 0 Å². The summed E-state index contributed by atoms with van der Waals surface area (Å²) in [6, 6.07) is 0. The smallest absolute Gasteiger partial charge is 0.342 e. The molecule has 1 aromatic rings. The molecule has 1 rings (SSSR count). The van der Waals surface area contributed by atoms with Gasteiger partial charge in [0.25, 0.3) is 0 Å². The Kier molecular flexibility index (Phi) is 6.40. The highest BCUT2D eigenvalue weighted by Gasteiger charge is 2.30. The number of esters is 1. The molecule has 0 saturated heterocycles. The number of thiophene rings is 1. The fraction of sp³-hybridized carbons (Fsp3) is 0.545. The van der Waals surface area contributed by atoms with Crippen molar-refractivity contribution in [1.82, 2.24) is 0 Å². The molecule has 0 fully saturated rings. The number of ether oxygens (including phenoxy) is 3. The Bertz CT molecular complexity index is 529. The van der Waals surface area contributed by atoms with E-state index in [0.29, 0.717) is 0 Å². The SMILES string of the molecule is COCC(COC)S(=O)(=O)Oc1cscc1C(=O)OC. The van der Waals surface area contributed by atoms with Gasteiger partial charge in [-0.25, -0.2) is 4.79 Å². The van der Waals surface area contributed by atoms with Gasteiger partial charge in [-0.15, -0.1) is 11.3 Å². The third kappa shape index (κ3) is 4.17. The zero-order valence-corrected chi connectivity index (χ0v) is 13.0. The number of hydrogen-bond acceptors (Lipinski definition) is 8. The summed E-state index contributed by atoms with van der Waals surface area (Å²) in [4.78, 5) is 11.5. The first-order valence-electron chi connectivity index (χ1n) is 5.52. The van der Waals surface area contributed by atoms with Crippen LogP contribution in [-0.2, 0) is 24.3 Å². The van der Waals surface area contributed by atoms with E-state index in [1.54, 1.807) is 0 Å². The molecule has 0 N–H and O–H groups in total. The van der Waals surface area contributed by atoms with Crippen LogP contribution in [0.15, 0.2) is 10.8 Å². The molecule has 0 aliphatic heterocycles. The molecule has 1 aromatic heterocycles. The summed E-state index contributed by atoms with van der Waals surface area (Å²) >= 11 is 1.14. The quantitative estimate of drug-likeness (QED) is 0.518. The second-order valence-electron chi connectivity index (χ2n) is 3.75. The van der Waals surface area contributed by atoms with Gasteiger partial charge < -0.3 is 18.4 Å². The van der Waals surface area contributed by atoms with Crippen LogP contribution < -0.4 is 4.18 Å². The summed E-state index contributed by atoms with van der Waals surface area (Å²) in [7, 11) is -0.0244. The van der Waals surface area contributed by atoms with Crippen LogP contribution in [0, 0.1) is 0 Å². The Hall–Kier alpha value is -1.16. The maximum atomic E-state index is 12.1. The van der Waals surface area contributed by atoms with Gasteiger partial charge in [0.2, 0.25) is 0 Å². The summed E-state index contributed by atoms with van der Waals surface area (Å²) in [6.07, 6.45) is 0. The molecule has 0 unspecified atom stereocenters. The minimum Gasteiger partial charge on any atom is -0.465 e. The molecule has 0 spiro atoms. The lowest BCUT2D eigenvalue weighted by Gasteiger charge is -2.16. The van der Waals surface area contributed by atoms with Crippen molar-refractivity contribution in [1.29, 1.82) is 0 Å². The van der Waals surface area contributed by atoms with Gasteiger partial charge >= 0.3 is 16.1 Å². The van der Waals surface area contributed by atoms with Crippen LogP contribution in [0.1, 0.15) is 10.4 Å². The fourth-order valence-electron chi connectivity index (χ4n) is 1.39. The number of methoxy groups -OCH3 is 3. The van der Waals surface area contributed by atoms with Crippen LogP contribution in [0.5, 0.6) is 5.75 Å². The van der Waals surface area contributed by atoms with Crippen LogP contribution in [-0.4, -0.2) is 54.2 Å². The summed E-state index contributed by atoms with van der Waals surface area (Å²) in [5.74, 6) is -0.717. The third-order valence-electron chi connectivity index (χ3n) is 2.35. The highest BCUT2D eigenvalue weighted by atomic mass is 32.2. The molecule has 7 nitrogen and oxygen atoms in total. The number of rotatable bonds is 8. The van der Waals surface area contributed by atoms with E-state index in [1.807, 2.05) is 0 Å². The number of carbonyl (C=O) groups is 1. The predicted molar refractivity (Wildman–Crippen MR) is 72.7 cm³/mol. The van der Waals surface area contributed by atoms with Crippen LogP contribution in [0.2, 0.25) is 0 Å². The molecule has 0 aromatic carbocycles. The van der Waals surface area contributed by atoms with E-state index < -0.39 is 21.3 Å². The second-order valence-corrected chi connectivity index (χ2v) is 6.31. The van der Waals surface area contributed by atoms with Crippen molar-refractivity contribution in [3.05, 3.63) is 16.3 Å². The molecule has 0 saturated carbocycles. The summed E-state index contributed by atoms with van der Waals surface area (Å²) in [5.41, 5.74) is 0.0645. The second kappa shape index (κ2) is 7.58. The fourth-order valence-corrected chi connectivity index (χ4v) is 3.29. The van der Waals surface area contributed by atoms with Crippen molar-refractivity contribution in [2.45, 2.75) is 5.25 Å². The van der Waals surface area contributed by atoms with Gasteiger partial charge in [-0.3, -0.25) is 0 Å². The Morgan fingerprint density at radius 2 is 1.80 bits per heavy atom. The normalized spacial score (nSPS) is 11.6. The molecule has 114 valence electrons. The molecule has 0 radical (unpaired) electrons. The van der Waals surface area contributed by atoms with E-state index in [9.17, 15) is 13.2 Å². The van der Waals surface area contributed by atoms with Crippen molar-refractivity contribution in [3.63, 3.8) is 0 Å². The lowest BCUT2D eigenvalue weighted by molar-refractivity contribution is 0.0599. The van der Waals surface area contributed by atoms with Gasteiger partial charge in [0.1, 0.15) is 10.8 Å². The molecular formula is C11H16O7S2. The van der Waals surface area contributed by atoms with E-state index >= 15 is 0 Å². The van der Waals surface area contributed by atoms with Gasteiger partial charge in [0, 0.05) is 25.0 Å². The maximum Gasteiger partial charge on any atom is 0.342 e. The Morgan fingerprint density at radius 3 is 2.30 bits per heavy atom. The highest BCUT2D eigenvalue weighted by molar-refractivity contribution is 7.87. The van der Waals surface area contributed by atoms with Crippen molar-refractivity contribution in [2.24, 2.45) is 0 Å². The average molecular weight is 324 g/mol. The Balaban J connectivity index is 2.95. The molecule has 1 heterocycles. The molecule has 20 heavy (non-hydrogen) atoms. The van der Waals surface area contributed by atoms with E-state index in [2.05, 4.69) is 4.74 Å². The highest BCUT2D eigenvalue weighted by Crippen LogP contribution is 2.26. The van der Waals surface area contributed by atoms with Crippen molar-refractivity contribution in [3.8, 4) is 5.75 Å². The maximum absolute atomic E-state index is 12.1. The minimum atomic E-state index is -3.98. The van der Waals surface area contributed by atoms with Gasteiger partial charge in [-0.1, -0.05) is 0 Å². The summed E-state index contributed by atoms with van der Waals surface area (Å²) < 4.78 is 43.4. The molecule has 0 aliphatic carbocycles. The molecule has 0 amide bonds. The first-order chi connectivity index (χ1) is 9.46. The molecule has 0 atom stereocenters. The predicted octanol–water partition coefficient (Wildman–Crippen LogP) is 0.905. The Morgan fingerprint density at radius 1 is 1.20 bits per heavy atom. The Labute approximate surface area is 121 Å². The molecular weight excluding hydrogens is 308 g/mol. The first-order valence-corrected chi connectivity index (χ1v) is 7.93. The van der Waals surface area contributed by atoms with Crippen molar-refractivity contribution >= 4 is 27.4 Å². The monoisotopic (exact) mass is 324 g/mol. The van der Waals surface area contributed by atoms with Gasteiger partial charge in [-0.05, 0) is 0 Å². The van der Waals surface area contributed by atoms with E-state index in [1.165, 1.54) is 32.1 Å². The zero-order valence-electron chi connectivity index (χ0n) is 11.3. The lowest BCUT2D eigenvalue weighted by atomic mass is 10.3. The largest absolute Gasteiger partial charge is 0.465 e. The van der Waals surface area contributed by atoms with Gasteiger partial charge in [0.05, 0.1) is 20.3 Å². The minimum absolute atomic E-state index is 0.0564. The van der Waals surface area contributed by atoms with E-state index in [0.717, 1.165) is 11.3 Å². The molecule has 0 aliphatic rings. The standard InChI is InChI=1S/C11H16O7S2/c1-15-4-8(5-16-2)20(13,14)18-10-7-19-6-9(10)11(12)17-3/h6-8H,4-5H2,1-3H3. The lowest BCUT2D eigenvalue weighted by Crippen LogP contribution is -2.34. The van der Waals surface area contributed by atoms with Crippen molar-refractivity contribution < 1.29 is 31.6 Å². The molecule has 0 bridgehead atoms. The number of carbonyl (C=O) groups excluding carboxylic acids is 1. The van der Waals surface area contributed by atoms with Gasteiger partial charge in [0.15, 0.2) is 5.75 Å². The zero-order chi connectivity index (χ0) is 15.2. The summed E-state index contributed by atoms with van der Waals surface area (Å²) in [5, 5.41) is 1.89. The van der Waals surface area contributed by atoms with E-state index in [-0.39, 0.29) is 24.5 Å². The molecule has 9 heteroatoms. The van der Waals surface area contributed by atoms with E-state index in [4.69, 9.17) is 13.7 Å².